The molecule has 0 saturated carbocycles. The van der Waals surface area contributed by atoms with Crippen molar-refractivity contribution in [1.82, 2.24) is 4.90 Å². The van der Waals surface area contributed by atoms with E-state index in [1.54, 1.807) is 43.5 Å². The summed E-state index contributed by atoms with van der Waals surface area (Å²) in [6.45, 7) is -0.213. The number of ether oxygens (including phenoxy) is 1. The summed E-state index contributed by atoms with van der Waals surface area (Å²) >= 11 is 0. The minimum absolute atomic E-state index is 0.0160. The Bertz CT molecular complexity index is 876. The molecule has 2 rings (SSSR count). The van der Waals surface area contributed by atoms with Gasteiger partial charge in [0.05, 0.1) is 24.9 Å². The third-order valence-corrected chi connectivity index (χ3v) is 3.70. The first-order valence-corrected chi connectivity index (χ1v) is 8.10. The van der Waals surface area contributed by atoms with Crippen LogP contribution in [0.15, 0.2) is 54.6 Å². The number of para-hydroxylation sites is 1. The molecule has 0 aliphatic heterocycles. The molecule has 0 atom stereocenters. The molecular formula is C20H20N2O5. The van der Waals surface area contributed by atoms with Crippen molar-refractivity contribution in [2.24, 2.45) is 0 Å². The van der Waals surface area contributed by atoms with E-state index in [0.29, 0.717) is 5.75 Å². The number of carbonyl (C=O) groups excluding carboxylic acids is 2. The predicted molar refractivity (Wildman–Crippen MR) is 102 cm³/mol. The van der Waals surface area contributed by atoms with Gasteiger partial charge in [-0.2, -0.15) is 0 Å². The lowest BCUT2D eigenvalue weighted by Crippen LogP contribution is -2.34. The molecule has 0 aromatic heterocycles. The van der Waals surface area contributed by atoms with Gasteiger partial charge in [-0.05, 0) is 35.9 Å². The Morgan fingerprint density at radius 1 is 1.15 bits per heavy atom. The second-order valence-electron chi connectivity index (χ2n) is 5.70. The number of aromatic carboxylic acids is 1. The smallest absolute Gasteiger partial charge is 0.337 e. The van der Waals surface area contributed by atoms with Crippen LogP contribution in [0.3, 0.4) is 0 Å². The number of carboxylic acids is 1. The highest BCUT2D eigenvalue weighted by Gasteiger charge is 2.14. The minimum Gasteiger partial charge on any atom is -0.497 e. The Morgan fingerprint density at radius 2 is 1.89 bits per heavy atom. The molecule has 0 saturated heterocycles. The van der Waals surface area contributed by atoms with E-state index in [-0.39, 0.29) is 23.7 Å². The average Bonchev–Trinajstić information content (AvgIpc) is 2.66. The second kappa shape index (κ2) is 9.19. The number of likely N-dealkylation sites (N-methyl/N-ethyl adjacent to an activating group) is 1. The molecule has 0 fully saturated rings. The summed E-state index contributed by atoms with van der Waals surface area (Å²) in [5.74, 6) is -1.32. The lowest BCUT2D eigenvalue weighted by atomic mass is 10.2. The number of nitrogens with zero attached hydrogens (tertiary/aromatic N) is 1. The Hall–Kier alpha value is -3.61. The minimum atomic E-state index is -1.14. The third kappa shape index (κ3) is 5.71. The fourth-order valence-corrected chi connectivity index (χ4v) is 2.30. The van der Waals surface area contributed by atoms with Crippen LogP contribution in [0.5, 0.6) is 5.75 Å². The Kier molecular flexibility index (Phi) is 6.71. The first kappa shape index (κ1) is 19.7. The molecule has 7 nitrogen and oxygen atoms in total. The van der Waals surface area contributed by atoms with Gasteiger partial charge < -0.3 is 20.1 Å². The summed E-state index contributed by atoms with van der Waals surface area (Å²) in [6, 6.07) is 13.3. The van der Waals surface area contributed by atoms with Crippen LogP contribution in [0.25, 0.3) is 6.08 Å². The van der Waals surface area contributed by atoms with Crippen LogP contribution in [-0.2, 0) is 9.59 Å². The number of anilines is 1. The van der Waals surface area contributed by atoms with E-state index in [1.165, 1.54) is 30.2 Å². The highest BCUT2D eigenvalue weighted by molar-refractivity contribution is 6.02. The van der Waals surface area contributed by atoms with Crippen LogP contribution in [-0.4, -0.2) is 48.5 Å². The van der Waals surface area contributed by atoms with Crippen LogP contribution in [0.2, 0.25) is 0 Å². The largest absolute Gasteiger partial charge is 0.497 e. The monoisotopic (exact) mass is 368 g/mol. The van der Waals surface area contributed by atoms with Gasteiger partial charge in [0.15, 0.2) is 0 Å². The first-order chi connectivity index (χ1) is 12.9. The number of nitrogens with one attached hydrogen (secondary N) is 1. The van der Waals surface area contributed by atoms with E-state index in [0.717, 1.165) is 5.56 Å². The summed E-state index contributed by atoms with van der Waals surface area (Å²) in [5.41, 5.74) is 0.955. The van der Waals surface area contributed by atoms with Gasteiger partial charge in [-0.25, -0.2) is 4.79 Å². The van der Waals surface area contributed by atoms with Crippen molar-refractivity contribution in [1.29, 1.82) is 0 Å². The van der Waals surface area contributed by atoms with Gasteiger partial charge in [-0.15, -0.1) is 0 Å². The fourth-order valence-electron chi connectivity index (χ4n) is 2.30. The van der Waals surface area contributed by atoms with E-state index < -0.39 is 11.9 Å². The van der Waals surface area contributed by atoms with Gasteiger partial charge in [0, 0.05) is 13.1 Å². The molecule has 0 aliphatic carbocycles. The fraction of sp³-hybridized carbons (Fsp3) is 0.150. The van der Waals surface area contributed by atoms with Crippen molar-refractivity contribution in [2.45, 2.75) is 0 Å². The summed E-state index contributed by atoms with van der Waals surface area (Å²) in [5, 5.41) is 11.6. The molecular weight excluding hydrogens is 348 g/mol. The molecule has 2 amide bonds. The van der Waals surface area contributed by atoms with Crippen molar-refractivity contribution in [3.05, 3.63) is 65.7 Å². The molecule has 7 heteroatoms. The summed E-state index contributed by atoms with van der Waals surface area (Å²) < 4.78 is 5.12. The third-order valence-electron chi connectivity index (χ3n) is 3.70. The summed E-state index contributed by atoms with van der Waals surface area (Å²) in [7, 11) is 3.05. The SMILES string of the molecule is COc1cccc(/C=C/C(=O)N(C)CC(=O)Nc2ccccc2C(=O)O)c1. The number of hydrogen-bond acceptors (Lipinski definition) is 4. The highest BCUT2D eigenvalue weighted by atomic mass is 16.5. The van der Waals surface area contributed by atoms with Gasteiger partial charge in [0.2, 0.25) is 11.8 Å². The molecule has 0 spiro atoms. The molecule has 0 radical (unpaired) electrons. The van der Waals surface area contributed by atoms with Gasteiger partial charge >= 0.3 is 5.97 Å². The quantitative estimate of drug-likeness (QED) is 0.732. The molecule has 2 N–H and O–H groups in total. The summed E-state index contributed by atoms with van der Waals surface area (Å²) in [6.07, 6.45) is 2.98. The van der Waals surface area contributed by atoms with Crippen molar-refractivity contribution in [3.63, 3.8) is 0 Å². The van der Waals surface area contributed by atoms with Crippen molar-refractivity contribution in [2.75, 3.05) is 26.0 Å². The Morgan fingerprint density at radius 3 is 2.59 bits per heavy atom. The van der Waals surface area contributed by atoms with E-state index >= 15 is 0 Å². The predicted octanol–water partition coefficient (Wildman–Crippen LogP) is 2.50. The van der Waals surface area contributed by atoms with Gasteiger partial charge in [-0.1, -0.05) is 24.3 Å². The number of rotatable bonds is 7. The van der Waals surface area contributed by atoms with Gasteiger partial charge in [0.25, 0.3) is 0 Å². The number of carboxylic acid groups (broad SMARTS) is 1. The maximum absolute atomic E-state index is 12.2. The van der Waals surface area contributed by atoms with E-state index in [1.807, 2.05) is 6.07 Å². The molecule has 140 valence electrons. The zero-order valence-corrected chi connectivity index (χ0v) is 15.0. The van der Waals surface area contributed by atoms with Crippen LogP contribution in [0.4, 0.5) is 5.69 Å². The molecule has 0 heterocycles. The average molecular weight is 368 g/mol. The standard InChI is InChI=1S/C20H20N2O5/c1-22(19(24)11-10-14-6-5-7-15(12-14)27-2)13-18(23)21-17-9-4-3-8-16(17)20(25)26/h3-12H,13H2,1-2H3,(H,21,23)(H,25,26)/b11-10+. The van der Waals surface area contributed by atoms with Crippen LogP contribution < -0.4 is 10.1 Å². The molecule has 0 aliphatic rings. The molecule has 2 aromatic carbocycles. The lowest BCUT2D eigenvalue weighted by molar-refractivity contribution is -0.129. The first-order valence-electron chi connectivity index (χ1n) is 8.10. The van der Waals surface area contributed by atoms with Crippen molar-refractivity contribution < 1.29 is 24.2 Å². The van der Waals surface area contributed by atoms with Crippen LogP contribution in [0.1, 0.15) is 15.9 Å². The van der Waals surface area contributed by atoms with E-state index in [9.17, 15) is 14.4 Å². The van der Waals surface area contributed by atoms with Gasteiger partial charge in [0.1, 0.15) is 5.75 Å². The molecule has 27 heavy (non-hydrogen) atoms. The van der Waals surface area contributed by atoms with E-state index in [4.69, 9.17) is 9.84 Å². The second-order valence-corrected chi connectivity index (χ2v) is 5.70. The molecule has 2 aromatic rings. The Labute approximate surface area is 156 Å². The molecule has 0 bridgehead atoms. The zero-order valence-electron chi connectivity index (χ0n) is 15.0. The number of benzene rings is 2. The van der Waals surface area contributed by atoms with Crippen LogP contribution in [0, 0.1) is 0 Å². The maximum atomic E-state index is 12.2. The molecule has 0 unspecified atom stereocenters. The Balaban J connectivity index is 1.96. The maximum Gasteiger partial charge on any atom is 0.337 e. The number of hydrogen-bond donors (Lipinski definition) is 2. The van der Waals surface area contributed by atoms with Crippen LogP contribution >= 0.6 is 0 Å². The topological polar surface area (TPSA) is 95.9 Å². The zero-order chi connectivity index (χ0) is 19.8. The normalized spacial score (nSPS) is 10.4. The highest BCUT2D eigenvalue weighted by Crippen LogP contribution is 2.15. The number of methoxy groups -OCH3 is 1. The van der Waals surface area contributed by atoms with Crippen molar-refractivity contribution >= 4 is 29.5 Å². The number of amides is 2. The van der Waals surface area contributed by atoms with E-state index in [2.05, 4.69) is 5.32 Å². The summed E-state index contributed by atoms with van der Waals surface area (Å²) in [4.78, 5) is 36.7. The number of carbonyl (C=O) groups is 3. The van der Waals surface area contributed by atoms with Gasteiger partial charge in [-0.3, -0.25) is 9.59 Å². The lowest BCUT2D eigenvalue weighted by Gasteiger charge is -2.15. The van der Waals surface area contributed by atoms with Crippen molar-refractivity contribution in [3.8, 4) is 5.75 Å².